The Balaban J connectivity index is 1.31. The molecule has 0 bridgehead atoms. The molecule has 2 aromatic carbocycles. The van der Waals surface area contributed by atoms with Gasteiger partial charge in [0.2, 0.25) is 0 Å². The van der Waals surface area contributed by atoms with E-state index in [0.29, 0.717) is 5.41 Å². The van der Waals surface area contributed by atoms with Crippen LogP contribution in [0.5, 0.6) is 5.75 Å². The first-order valence-corrected chi connectivity index (χ1v) is 9.84. The minimum atomic E-state index is 0.319. The molecule has 1 saturated heterocycles. The smallest absolute Gasteiger partial charge is 0.119 e. The Bertz CT molecular complexity index is 901. The van der Waals surface area contributed by atoms with Gasteiger partial charge < -0.3 is 9.72 Å². The van der Waals surface area contributed by atoms with Crippen LogP contribution < -0.4 is 4.74 Å². The van der Waals surface area contributed by atoms with E-state index in [4.69, 9.17) is 4.74 Å². The van der Waals surface area contributed by atoms with Crippen molar-refractivity contribution in [3.05, 3.63) is 65.9 Å². The normalized spacial score (nSPS) is 22.8. The van der Waals surface area contributed by atoms with Gasteiger partial charge in [-0.3, -0.25) is 4.90 Å². The van der Waals surface area contributed by atoms with E-state index in [-0.39, 0.29) is 0 Å². The van der Waals surface area contributed by atoms with Crippen molar-refractivity contribution in [1.29, 1.82) is 0 Å². The molecule has 1 N–H and O–H groups in total. The molecule has 134 valence electrons. The molecule has 1 spiro atoms. The average molecular weight is 346 g/mol. The van der Waals surface area contributed by atoms with Crippen molar-refractivity contribution >= 4 is 10.9 Å². The second-order valence-electron chi connectivity index (χ2n) is 7.85. The standard InChI is InChI=1S/C23H26N2O/c1-2-7-18(8-3-1)26-16-15-25-14-13-23(17-25)12-6-10-20-19-9-4-5-11-21(19)24-22(20)23/h1-5,7-9,11,24H,6,10,12-17H2. The minimum Gasteiger partial charge on any atom is -0.492 e. The van der Waals surface area contributed by atoms with E-state index in [2.05, 4.69) is 34.1 Å². The fourth-order valence-corrected chi connectivity index (χ4v) is 5.01. The predicted octanol–water partition coefficient (Wildman–Crippen LogP) is 4.53. The first-order valence-electron chi connectivity index (χ1n) is 9.84. The second kappa shape index (κ2) is 6.48. The summed E-state index contributed by atoms with van der Waals surface area (Å²) in [4.78, 5) is 6.38. The summed E-state index contributed by atoms with van der Waals surface area (Å²) >= 11 is 0. The van der Waals surface area contributed by atoms with Crippen LogP contribution >= 0.6 is 0 Å². The Morgan fingerprint density at radius 3 is 2.77 bits per heavy atom. The molecule has 3 heteroatoms. The average Bonchev–Trinajstić information content (AvgIpc) is 3.26. The molecule has 3 aromatic rings. The molecule has 0 saturated carbocycles. The Morgan fingerprint density at radius 2 is 1.85 bits per heavy atom. The molecule has 2 heterocycles. The Kier molecular flexibility index (Phi) is 3.97. The maximum absolute atomic E-state index is 5.91. The molecule has 1 unspecified atom stereocenters. The highest BCUT2D eigenvalue weighted by atomic mass is 16.5. The number of likely N-dealkylation sites (tertiary alicyclic amines) is 1. The van der Waals surface area contributed by atoms with Crippen molar-refractivity contribution in [3.63, 3.8) is 0 Å². The van der Waals surface area contributed by atoms with Crippen LogP contribution in [0.25, 0.3) is 10.9 Å². The number of hydrogen-bond acceptors (Lipinski definition) is 2. The fraction of sp³-hybridized carbons (Fsp3) is 0.391. The molecular formula is C23H26N2O. The minimum absolute atomic E-state index is 0.319. The van der Waals surface area contributed by atoms with Gasteiger partial charge in [-0.05, 0) is 56.0 Å². The summed E-state index contributed by atoms with van der Waals surface area (Å²) in [5.74, 6) is 0.969. The molecular weight excluding hydrogens is 320 g/mol. The van der Waals surface area contributed by atoms with Gasteiger partial charge in [0.25, 0.3) is 0 Å². The third-order valence-corrected chi connectivity index (χ3v) is 6.28. The number of hydrogen-bond donors (Lipinski definition) is 1. The fourth-order valence-electron chi connectivity index (χ4n) is 5.01. The highest BCUT2D eigenvalue weighted by Gasteiger charge is 2.43. The van der Waals surface area contributed by atoms with Crippen molar-refractivity contribution in [2.75, 3.05) is 26.2 Å². The van der Waals surface area contributed by atoms with Crippen molar-refractivity contribution in [2.45, 2.75) is 31.1 Å². The lowest BCUT2D eigenvalue weighted by Gasteiger charge is -2.34. The Morgan fingerprint density at radius 1 is 1.00 bits per heavy atom. The summed E-state index contributed by atoms with van der Waals surface area (Å²) in [5.41, 5.74) is 4.73. The maximum Gasteiger partial charge on any atom is 0.119 e. The van der Waals surface area contributed by atoms with Crippen molar-refractivity contribution in [2.24, 2.45) is 0 Å². The Hall–Kier alpha value is -2.26. The molecule has 1 fully saturated rings. The Labute approximate surface area is 155 Å². The zero-order valence-electron chi connectivity index (χ0n) is 15.2. The molecule has 0 radical (unpaired) electrons. The number of rotatable bonds is 4. The van der Waals surface area contributed by atoms with Gasteiger partial charge >= 0.3 is 0 Å². The third kappa shape index (κ3) is 2.71. The van der Waals surface area contributed by atoms with E-state index >= 15 is 0 Å². The summed E-state index contributed by atoms with van der Waals surface area (Å²) in [6.45, 7) is 4.10. The van der Waals surface area contributed by atoms with Crippen molar-refractivity contribution in [1.82, 2.24) is 9.88 Å². The third-order valence-electron chi connectivity index (χ3n) is 6.28. The van der Waals surface area contributed by atoms with Crippen LogP contribution in [-0.2, 0) is 11.8 Å². The first kappa shape index (κ1) is 16.0. The number of aryl methyl sites for hydroxylation is 1. The van der Waals surface area contributed by atoms with Crippen LogP contribution in [-0.4, -0.2) is 36.1 Å². The highest BCUT2D eigenvalue weighted by Crippen LogP contribution is 2.45. The van der Waals surface area contributed by atoms with Gasteiger partial charge in [-0.25, -0.2) is 0 Å². The van der Waals surface area contributed by atoms with Crippen molar-refractivity contribution in [3.8, 4) is 5.75 Å². The van der Waals surface area contributed by atoms with Gasteiger partial charge in [-0.15, -0.1) is 0 Å². The summed E-state index contributed by atoms with van der Waals surface area (Å²) in [5, 5.41) is 1.44. The highest BCUT2D eigenvalue weighted by molar-refractivity contribution is 5.85. The van der Waals surface area contributed by atoms with Gasteiger partial charge in [0.15, 0.2) is 0 Å². The number of H-pyrrole nitrogens is 1. The predicted molar refractivity (Wildman–Crippen MR) is 106 cm³/mol. The van der Waals surface area contributed by atoms with E-state index in [1.807, 2.05) is 30.3 Å². The SMILES string of the molecule is c1ccc(OCCN2CCC3(CCCc4c3[nH]c3ccccc43)C2)cc1. The summed E-state index contributed by atoms with van der Waals surface area (Å²) in [6, 6.07) is 19.0. The lowest BCUT2D eigenvalue weighted by atomic mass is 9.72. The maximum atomic E-state index is 5.91. The van der Waals surface area contributed by atoms with E-state index in [9.17, 15) is 0 Å². The quantitative estimate of drug-likeness (QED) is 0.752. The van der Waals surface area contributed by atoms with E-state index in [0.717, 1.165) is 25.4 Å². The number of ether oxygens (including phenoxy) is 1. The van der Waals surface area contributed by atoms with Gasteiger partial charge in [0.1, 0.15) is 12.4 Å². The molecule has 3 nitrogen and oxygen atoms in total. The zero-order valence-corrected chi connectivity index (χ0v) is 15.2. The van der Waals surface area contributed by atoms with E-state index in [1.54, 1.807) is 5.56 Å². The molecule has 1 atom stereocenters. The number of nitrogens with one attached hydrogen (secondary N) is 1. The number of para-hydroxylation sites is 2. The lowest BCUT2D eigenvalue weighted by Crippen LogP contribution is -2.36. The van der Waals surface area contributed by atoms with E-state index < -0.39 is 0 Å². The lowest BCUT2D eigenvalue weighted by molar-refractivity contribution is 0.224. The number of fused-ring (bicyclic) bond motifs is 4. The van der Waals surface area contributed by atoms with Gasteiger partial charge in [-0.1, -0.05) is 36.4 Å². The summed E-state index contributed by atoms with van der Waals surface area (Å²) in [7, 11) is 0. The van der Waals surface area contributed by atoms with Crippen LogP contribution in [0, 0.1) is 0 Å². The summed E-state index contributed by atoms with van der Waals surface area (Å²) < 4.78 is 5.91. The van der Waals surface area contributed by atoms with Crippen LogP contribution in [0.4, 0.5) is 0 Å². The number of aromatic amines is 1. The molecule has 5 rings (SSSR count). The monoisotopic (exact) mass is 346 g/mol. The molecule has 2 aliphatic rings. The van der Waals surface area contributed by atoms with Crippen LogP contribution in [0.2, 0.25) is 0 Å². The summed E-state index contributed by atoms with van der Waals surface area (Å²) in [6.07, 6.45) is 5.10. The second-order valence-corrected chi connectivity index (χ2v) is 7.85. The molecule has 26 heavy (non-hydrogen) atoms. The van der Waals surface area contributed by atoms with Crippen molar-refractivity contribution < 1.29 is 4.74 Å². The van der Waals surface area contributed by atoms with Gasteiger partial charge in [0, 0.05) is 35.1 Å². The topological polar surface area (TPSA) is 28.3 Å². The molecule has 1 aliphatic carbocycles. The van der Waals surface area contributed by atoms with Crippen LogP contribution in [0.1, 0.15) is 30.5 Å². The zero-order chi connectivity index (χ0) is 17.4. The van der Waals surface area contributed by atoms with Crippen LogP contribution in [0.3, 0.4) is 0 Å². The number of nitrogens with zero attached hydrogens (tertiary/aromatic N) is 1. The first-order chi connectivity index (χ1) is 12.8. The number of aromatic nitrogens is 1. The van der Waals surface area contributed by atoms with E-state index in [1.165, 1.54) is 48.8 Å². The largest absolute Gasteiger partial charge is 0.492 e. The molecule has 1 aromatic heterocycles. The number of benzene rings is 2. The van der Waals surface area contributed by atoms with Gasteiger partial charge in [-0.2, -0.15) is 0 Å². The van der Waals surface area contributed by atoms with Crippen LogP contribution in [0.15, 0.2) is 54.6 Å². The van der Waals surface area contributed by atoms with Gasteiger partial charge in [0.05, 0.1) is 0 Å². The molecule has 1 aliphatic heterocycles. The molecule has 0 amide bonds.